The maximum absolute atomic E-state index is 14.0. The van der Waals surface area contributed by atoms with Crippen LogP contribution in [0.4, 0.5) is 4.39 Å². The average Bonchev–Trinajstić information content (AvgIpc) is 2.47. The molecule has 0 aromatic heterocycles. The minimum Gasteiger partial charge on any atom is -0.482 e. The molecule has 20 heavy (non-hydrogen) atoms. The predicted octanol–water partition coefficient (Wildman–Crippen LogP) is 4.34. The van der Waals surface area contributed by atoms with Gasteiger partial charge in [0.1, 0.15) is 17.7 Å². The molecule has 0 spiro atoms. The average molecular weight is 294 g/mol. The van der Waals surface area contributed by atoms with E-state index in [1.165, 1.54) is 6.07 Å². The Labute approximate surface area is 123 Å². The molecule has 0 aliphatic heterocycles. The van der Waals surface area contributed by atoms with Gasteiger partial charge in [-0.15, -0.1) is 0 Å². The molecule has 2 N–H and O–H groups in total. The largest absolute Gasteiger partial charge is 0.482 e. The monoisotopic (exact) mass is 293 g/mol. The van der Waals surface area contributed by atoms with Crippen LogP contribution in [0.25, 0.3) is 0 Å². The zero-order valence-electron chi connectivity index (χ0n) is 11.2. The van der Waals surface area contributed by atoms with E-state index in [0.717, 1.165) is 0 Å². The van der Waals surface area contributed by atoms with Crippen molar-refractivity contribution in [1.82, 2.24) is 0 Å². The van der Waals surface area contributed by atoms with Crippen molar-refractivity contribution < 1.29 is 9.13 Å². The highest BCUT2D eigenvalue weighted by atomic mass is 35.5. The van der Waals surface area contributed by atoms with Crippen LogP contribution in [0.5, 0.6) is 5.75 Å². The van der Waals surface area contributed by atoms with Crippen LogP contribution in [0, 0.1) is 5.82 Å². The lowest BCUT2D eigenvalue weighted by Gasteiger charge is -2.25. The van der Waals surface area contributed by atoms with E-state index in [0.29, 0.717) is 22.8 Å². The van der Waals surface area contributed by atoms with Crippen LogP contribution >= 0.6 is 11.6 Å². The van der Waals surface area contributed by atoms with Crippen molar-refractivity contribution in [2.75, 3.05) is 0 Å². The molecule has 0 heterocycles. The SMILES string of the molecule is CCC(N)C(Oc1ccccc1Cl)c1ccccc1F. The zero-order chi connectivity index (χ0) is 14.5. The molecule has 2 nitrogen and oxygen atoms in total. The fraction of sp³-hybridized carbons (Fsp3) is 0.250. The summed E-state index contributed by atoms with van der Waals surface area (Å²) in [4.78, 5) is 0. The molecule has 0 radical (unpaired) electrons. The molecule has 2 atom stereocenters. The smallest absolute Gasteiger partial charge is 0.142 e. The van der Waals surface area contributed by atoms with Gasteiger partial charge in [-0.25, -0.2) is 4.39 Å². The molecule has 2 rings (SSSR count). The van der Waals surface area contributed by atoms with E-state index >= 15 is 0 Å². The van der Waals surface area contributed by atoms with Gasteiger partial charge >= 0.3 is 0 Å². The summed E-state index contributed by atoms with van der Waals surface area (Å²) in [6.07, 6.45) is 0.102. The van der Waals surface area contributed by atoms with Crippen molar-refractivity contribution in [1.29, 1.82) is 0 Å². The van der Waals surface area contributed by atoms with Gasteiger partial charge < -0.3 is 10.5 Å². The van der Waals surface area contributed by atoms with Gasteiger partial charge in [0.2, 0.25) is 0 Å². The van der Waals surface area contributed by atoms with Crippen molar-refractivity contribution >= 4 is 11.6 Å². The molecule has 0 amide bonds. The van der Waals surface area contributed by atoms with Crippen LogP contribution in [0.15, 0.2) is 48.5 Å². The molecule has 0 fully saturated rings. The highest BCUT2D eigenvalue weighted by Crippen LogP contribution is 2.31. The molecule has 106 valence electrons. The molecule has 0 saturated carbocycles. The maximum atomic E-state index is 14.0. The summed E-state index contributed by atoms with van der Waals surface area (Å²) in [7, 11) is 0. The van der Waals surface area contributed by atoms with Crippen LogP contribution < -0.4 is 10.5 Å². The van der Waals surface area contributed by atoms with E-state index < -0.39 is 6.10 Å². The molecule has 2 aromatic rings. The summed E-state index contributed by atoms with van der Waals surface area (Å²) in [5.74, 6) is 0.180. The Hall–Kier alpha value is -1.58. The van der Waals surface area contributed by atoms with E-state index in [4.69, 9.17) is 22.1 Å². The number of halogens is 2. The van der Waals surface area contributed by atoms with E-state index in [2.05, 4.69) is 0 Å². The van der Waals surface area contributed by atoms with E-state index in [1.807, 2.05) is 19.1 Å². The van der Waals surface area contributed by atoms with Gasteiger partial charge in [0.25, 0.3) is 0 Å². The fourth-order valence-corrected chi connectivity index (χ4v) is 2.16. The molecule has 4 heteroatoms. The Balaban J connectivity index is 2.35. The summed E-state index contributed by atoms with van der Waals surface area (Å²) in [5, 5.41) is 0.483. The Morgan fingerprint density at radius 3 is 2.45 bits per heavy atom. The predicted molar refractivity (Wildman–Crippen MR) is 79.5 cm³/mol. The second-order valence-corrected chi connectivity index (χ2v) is 4.97. The lowest BCUT2D eigenvalue weighted by molar-refractivity contribution is 0.166. The lowest BCUT2D eigenvalue weighted by Crippen LogP contribution is -2.32. The molecular weight excluding hydrogens is 277 g/mol. The molecular formula is C16H17ClFNO. The number of hydrogen-bond acceptors (Lipinski definition) is 2. The van der Waals surface area contributed by atoms with Crippen molar-refractivity contribution in [3.8, 4) is 5.75 Å². The Morgan fingerprint density at radius 2 is 1.80 bits per heavy atom. The Morgan fingerprint density at radius 1 is 1.15 bits per heavy atom. The first-order chi connectivity index (χ1) is 9.63. The lowest BCUT2D eigenvalue weighted by atomic mass is 10.0. The number of hydrogen-bond donors (Lipinski definition) is 1. The molecule has 0 saturated heterocycles. The van der Waals surface area contributed by atoms with Gasteiger partial charge in [0.05, 0.1) is 5.02 Å². The van der Waals surface area contributed by atoms with E-state index in [9.17, 15) is 4.39 Å². The highest BCUT2D eigenvalue weighted by Gasteiger charge is 2.24. The number of benzene rings is 2. The third-order valence-corrected chi connectivity index (χ3v) is 3.47. The molecule has 0 aliphatic rings. The van der Waals surface area contributed by atoms with Crippen LogP contribution in [-0.2, 0) is 0 Å². The third kappa shape index (κ3) is 3.30. The van der Waals surface area contributed by atoms with E-state index in [1.54, 1.807) is 30.3 Å². The van der Waals surface area contributed by atoms with Crippen LogP contribution in [0.2, 0.25) is 5.02 Å². The maximum Gasteiger partial charge on any atom is 0.142 e. The quantitative estimate of drug-likeness (QED) is 0.890. The highest BCUT2D eigenvalue weighted by molar-refractivity contribution is 6.32. The summed E-state index contributed by atoms with van der Waals surface area (Å²) < 4.78 is 19.8. The second kappa shape index (κ2) is 6.73. The first-order valence-electron chi connectivity index (χ1n) is 6.54. The van der Waals surface area contributed by atoms with Crippen LogP contribution in [0.1, 0.15) is 25.0 Å². The number of ether oxygens (including phenoxy) is 1. The molecule has 2 aromatic carbocycles. The van der Waals surface area contributed by atoms with Gasteiger partial charge in [-0.05, 0) is 24.6 Å². The second-order valence-electron chi connectivity index (χ2n) is 4.56. The first kappa shape index (κ1) is 14.8. The molecule has 0 bridgehead atoms. The number of rotatable bonds is 5. The number of para-hydroxylation sites is 1. The van der Waals surface area contributed by atoms with Crippen LogP contribution in [-0.4, -0.2) is 6.04 Å². The van der Waals surface area contributed by atoms with Crippen LogP contribution in [0.3, 0.4) is 0 Å². The topological polar surface area (TPSA) is 35.2 Å². The summed E-state index contributed by atoms with van der Waals surface area (Å²) in [6, 6.07) is 13.3. The molecule has 2 unspecified atom stereocenters. The summed E-state index contributed by atoms with van der Waals surface area (Å²) in [5.41, 5.74) is 6.53. The Kier molecular flexibility index (Phi) is 4.99. The number of nitrogens with two attached hydrogens (primary N) is 1. The van der Waals surface area contributed by atoms with Crippen molar-refractivity contribution in [3.05, 3.63) is 64.9 Å². The van der Waals surface area contributed by atoms with Crippen molar-refractivity contribution in [2.45, 2.75) is 25.5 Å². The summed E-state index contributed by atoms with van der Waals surface area (Å²) >= 11 is 6.08. The standard InChI is InChI=1S/C16H17ClFNO/c1-2-14(19)16(11-7-3-5-9-13(11)18)20-15-10-6-4-8-12(15)17/h3-10,14,16H,2,19H2,1H3. The van der Waals surface area contributed by atoms with Crippen molar-refractivity contribution in [2.24, 2.45) is 5.73 Å². The van der Waals surface area contributed by atoms with Crippen molar-refractivity contribution in [3.63, 3.8) is 0 Å². The first-order valence-corrected chi connectivity index (χ1v) is 6.92. The van der Waals surface area contributed by atoms with E-state index in [-0.39, 0.29) is 11.9 Å². The van der Waals surface area contributed by atoms with Gasteiger partial charge in [-0.1, -0.05) is 48.9 Å². The van der Waals surface area contributed by atoms with Gasteiger partial charge in [0.15, 0.2) is 0 Å². The fourth-order valence-electron chi connectivity index (χ4n) is 1.98. The minimum absolute atomic E-state index is 0.317. The minimum atomic E-state index is -0.568. The summed E-state index contributed by atoms with van der Waals surface area (Å²) in [6.45, 7) is 1.94. The van der Waals surface area contributed by atoms with Gasteiger partial charge in [-0.3, -0.25) is 0 Å². The van der Waals surface area contributed by atoms with Gasteiger partial charge in [-0.2, -0.15) is 0 Å². The Bertz CT molecular complexity index is 576. The van der Waals surface area contributed by atoms with Gasteiger partial charge in [0, 0.05) is 11.6 Å². The molecule has 0 aliphatic carbocycles. The third-order valence-electron chi connectivity index (χ3n) is 3.16. The zero-order valence-corrected chi connectivity index (χ0v) is 12.0. The normalized spacial score (nSPS) is 13.8.